The van der Waals surface area contributed by atoms with Gasteiger partial charge in [0, 0.05) is 38.5 Å². The van der Waals surface area contributed by atoms with E-state index in [1.807, 2.05) is 60.0 Å². The monoisotopic (exact) mass is 578 g/mol. The van der Waals surface area contributed by atoms with Crippen LogP contribution in [0.4, 0.5) is 5.69 Å². The van der Waals surface area contributed by atoms with Gasteiger partial charge in [-0.25, -0.2) is 0 Å². The molecule has 1 aromatic heterocycles. The van der Waals surface area contributed by atoms with E-state index in [-0.39, 0.29) is 31.4 Å². The van der Waals surface area contributed by atoms with E-state index < -0.39 is 17.4 Å². The van der Waals surface area contributed by atoms with E-state index in [9.17, 15) is 14.7 Å². The average Bonchev–Trinajstić information content (AvgIpc) is 3.55. The number of aliphatic hydroxyl groups is 1. The first-order valence-corrected chi connectivity index (χ1v) is 14.1. The van der Waals surface area contributed by atoms with Gasteiger partial charge in [-0.05, 0) is 70.6 Å². The summed E-state index contributed by atoms with van der Waals surface area (Å²) in [6, 6.07) is 21.6. The first kappa shape index (κ1) is 25.9. The molecule has 3 atom stereocenters. The molecule has 6 nitrogen and oxygen atoms in total. The molecular weight excluding hydrogens is 555 g/mol. The molecule has 1 saturated heterocycles. The van der Waals surface area contributed by atoms with Crippen LogP contribution in [-0.2, 0) is 15.0 Å². The maximum atomic E-state index is 14.3. The number of amides is 2. The molecule has 9 heteroatoms. The molecule has 0 aliphatic carbocycles. The largest absolute Gasteiger partial charge is 0.491 e. The van der Waals surface area contributed by atoms with Crippen LogP contribution in [0.1, 0.15) is 35.1 Å². The van der Waals surface area contributed by atoms with Crippen LogP contribution in [0, 0.1) is 0 Å². The van der Waals surface area contributed by atoms with Gasteiger partial charge in [-0.2, -0.15) is 0 Å². The van der Waals surface area contributed by atoms with Gasteiger partial charge >= 0.3 is 0 Å². The molecule has 3 unspecified atom stereocenters. The molecule has 4 aromatic rings. The van der Waals surface area contributed by atoms with Gasteiger partial charge in [0.25, 0.3) is 0 Å². The highest BCUT2D eigenvalue weighted by Gasteiger charge is 2.61. The fourth-order valence-corrected chi connectivity index (χ4v) is 7.02. The molecule has 1 spiro atoms. The van der Waals surface area contributed by atoms with Crippen LogP contribution in [0.15, 0.2) is 78.2 Å². The summed E-state index contributed by atoms with van der Waals surface area (Å²) >= 11 is 14.3. The Bertz CT molecular complexity index is 1580. The summed E-state index contributed by atoms with van der Waals surface area (Å²) in [5.41, 5.74) is 2.47. The number of piperidine rings is 1. The van der Waals surface area contributed by atoms with Crippen molar-refractivity contribution in [1.82, 2.24) is 5.32 Å². The highest BCUT2D eigenvalue weighted by molar-refractivity contribution is 7.13. The second kappa shape index (κ2) is 10.3. The Labute approximate surface area is 239 Å². The first-order valence-electron chi connectivity index (χ1n) is 12.5. The minimum Gasteiger partial charge on any atom is -0.491 e. The third-order valence-corrected chi connectivity index (χ3v) is 8.87. The molecule has 198 valence electrons. The van der Waals surface area contributed by atoms with E-state index in [0.717, 1.165) is 21.6 Å². The van der Waals surface area contributed by atoms with Crippen LogP contribution in [0.2, 0.25) is 10.0 Å². The number of thiophene rings is 1. The van der Waals surface area contributed by atoms with Gasteiger partial charge in [-0.15, -0.1) is 11.3 Å². The molecule has 6 rings (SSSR count). The second-order valence-corrected chi connectivity index (χ2v) is 11.4. The summed E-state index contributed by atoms with van der Waals surface area (Å²) in [6.45, 7) is -0.115. The van der Waals surface area contributed by atoms with Crippen LogP contribution < -0.4 is 15.4 Å². The van der Waals surface area contributed by atoms with Gasteiger partial charge < -0.3 is 20.5 Å². The molecule has 2 aliphatic rings. The van der Waals surface area contributed by atoms with Crippen molar-refractivity contribution >= 4 is 52.0 Å². The molecular formula is C30H24Cl2N2O4S. The van der Waals surface area contributed by atoms with E-state index in [1.54, 1.807) is 29.5 Å². The summed E-state index contributed by atoms with van der Waals surface area (Å²) in [6.07, 6.45) is 0.0871. The van der Waals surface area contributed by atoms with Gasteiger partial charge in [-0.3, -0.25) is 9.59 Å². The number of hydrogen-bond donors (Lipinski definition) is 3. The highest BCUT2D eigenvalue weighted by atomic mass is 35.5. The van der Waals surface area contributed by atoms with Crippen molar-refractivity contribution in [2.45, 2.75) is 23.8 Å². The number of rotatable bonds is 6. The summed E-state index contributed by atoms with van der Waals surface area (Å²) in [7, 11) is 0. The number of carbonyl (C=O) groups excluding carboxylic acids is 2. The Hall–Kier alpha value is -3.36. The lowest BCUT2D eigenvalue weighted by molar-refractivity contribution is -0.131. The van der Waals surface area contributed by atoms with Crippen molar-refractivity contribution in [2.75, 3.05) is 18.5 Å². The minimum atomic E-state index is -1.23. The van der Waals surface area contributed by atoms with Crippen molar-refractivity contribution in [1.29, 1.82) is 0 Å². The van der Waals surface area contributed by atoms with E-state index in [1.165, 1.54) is 0 Å². The maximum absolute atomic E-state index is 14.3. The maximum Gasteiger partial charge on any atom is 0.238 e. The predicted octanol–water partition coefficient (Wildman–Crippen LogP) is 6.33. The molecule has 0 radical (unpaired) electrons. The lowest BCUT2D eigenvalue weighted by Crippen LogP contribution is -2.56. The van der Waals surface area contributed by atoms with E-state index in [2.05, 4.69) is 10.6 Å². The van der Waals surface area contributed by atoms with E-state index in [0.29, 0.717) is 27.0 Å². The highest BCUT2D eigenvalue weighted by Crippen LogP contribution is 2.58. The van der Waals surface area contributed by atoms with E-state index in [4.69, 9.17) is 27.9 Å². The Balaban J connectivity index is 1.63. The fraction of sp³-hybridized carbons (Fsp3) is 0.200. The first-order chi connectivity index (χ1) is 18.9. The summed E-state index contributed by atoms with van der Waals surface area (Å²) in [4.78, 5) is 28.7. The SMILES string of the molecule is O=C1CC(c2cccc(Cl)c2)C2(C(=O)Nc3cc(Cl)ccc32)C(c2cc(-c3cccs3)ccc2OCCO)N1. The smallest absolute Gasteiger partial charge is 0.238 e. The van der Waals surface area contributed by atoms with Crippen LogP contribution in [0.25, 0.3) is 10.4 Å². The van der Waals surface area contributed by atoms with Gasteiger partial charge in [-0.1, -0.05) is 47.5 Å². The summed E-state index contributed by atoms with van der Waals surface area (Å²) < 4.78 is 5.98. The topological polar surface area (TPSA) is 87.7 Å². The number of fused-ring (bicyclic) bond motifs is 2. The zero-order valence-electron chi connectivity index (χ0n) is 20.6. The lowest BCUT2D eigenvalue weighted by Gasteiger charge is -2.46. The quantitative estimate of drug-likeness (QED) is 0.249. The molecule has 3 N–H and O–H groups in total. The normalized spacial score (nSPS) is 21.9. The molecule has 3 aromatic carbocycles. The molecule has 39 heavy (non-hydrogen) atoms. The van der Waals surface area contributed by atoms with Crippen LogP contribution in [-0.4, -0.2) is 30.1 Å². The Morgan fingerprint density at radius 2 is 1.85 bits per heavy atom. The molecule has 2 amide bonds. The lowest BCUT2D eigenvalue weighted by atomic mass is 9.59. The number of halogens is 2. The van der Waals surface area contributed by atoms with Crippen molar-refractivity contribution in [3.05, 3.63) is 105 Å². The summed E-state index contributed by atoms with van der Waals surface area (Å²) in [5.74, 6) is -0.491. The minimum absolute atomic E-state index is 0.0646. The predicted molar refractivity (Wildman–Crippen MR) is 154 cm³/mol. The standard InChI is InChI=1S/C30H24Cl2N2O4S/c31-19-4-1-3-17(13-19)23-16-27(36)34-28(30(23)22-8-7-20(32)15-24(22)33-29(30)37)21-14-18(26-5-2-12-39-26)6-9-25(21)38-11-10-35/h1-9,12-15,23,28,35H,10-11,16H2,(H,33,37)(H,34,36). The van der Waals surface area contributed by atoms with Crippen LogP contribution >= 0.6 is 34.5 Å². The van der Waals surface area contributed by atoms with Gasteiger partial charge in [0.2, 0.25) is 11.8 Å². The fourth-order valence-electron chi connectivity index (χ4n) is 5.93. The number of carbonyl (C=O) groups is 2. The number of benzene rings is 3. The number of aliphatic hydroxyl groups excluding tert-OH is 1. The van der Waals surface area contributed by atoms with Crippen LogP contribution in [0.5, 0.6) is 5.75 Å². The molecule has 0 bridgehead atoms. The zero-order chi connectivity index (χ0) is 27.1. The number of hydrogen-bond acceptors (Lipinski definition) is 5. The Kier molecular flexibility index (Phi) is 6.85. The van der Waals surface area contributed by atoms with Crippen molar-refractivity contribution in [3.8, 4) is 16.2 Å². The van der Waals surface area contributed by atoms with Crippen molar-refractivity contribution in [3.63, 3.8) is 0 Å². The Morgan fingerprint density at radius 1 is 1.00 bits per heavy atom. The molecule has 2 aliphatic heterocycles. The Morgan fingerprint density at radius 3 is 2.62 bits per heavy atom. The second-order valence-electron chi connectivity index (χ2n) is 9.63. The number of nitrogens with one attached hydrogen (secondary N) is 2. The molecule has 3 heterocycles. The molecule has 1 fully saturated rings. The third kappa shape index (κ3) is 4.39. The van der Waals surface area contributed by atoms with Gasteiger partial charge in [0.15, 0.2) is 0 Å². The van der Waals surface area contributed by atoms with E-state index >= 15 is 0 Å². The van der Waals surface area contributed by atoms with Crippen LogP contribution in [0.3, 0.4) is 0 Å². The zero-order valence-corrected chi connectivity index (χ0v) is 22.9. The molecule has 0 saturated carbocycles. The number of ether oxygens (including phenoxy) is 1. The summed E-state index contributed by atoms with van der Waals surface area (Å²) in [5, 5.41) is 18.7. The van der Waals surface area contributed by atoms with Crippen molar-refractivity contribution in [2.24, 2.45) is 0 Å². The van der Waals surface area contributed by atoms with Gasteiger partial charge in [0.05, 0.1) is 12.6 Å². The number of anilines is 1. The van der Waals surface area contributed by atoms with Crippen molar-refractivity contribution < 1.29 is 19.4 Å². The van der Waals surface area contributed by atoms with Gasteiger partial charge in [0.1, 0.15) is 17.8 Å². The average molecular weight is 580 g/mol. The third-order valence-electron chi connectivity index (χ3n) is 7.48.